The Balaban J connectivity index is 1.51. The molecule has 0 radical (unpaired) electrons. The highest BCUT2D eigenvalue weighted by Gasteiger charge is 2.39. The Labute approximate surface area is 109 Å². The van der Waals surface area contributed by atoms with Crippen molar-refractivity contribution in [1.82, 2.24) is 4.90 Å². The summed E-state index contributed by atoms with van der Waals surface area (Å²) in [6.45, 7) is 2.04. The molecule has 3 heteroatoms. The van der Waals surface area contributed by atoms with Gasteiger partial charge in [0.1, 0.15) is 18.1 Å². The van der Waals surface area contributed by atoms with E-state index in [-0.39, 0.29) is 6.61 Å². The normalized spacial score (nSPS) is 30.5. The molecule has 2 fully saturated rings. The van der Waals surface area contributed by atoms with E-state index < -0.39 is 0 Å². The smallest absolute Gasteiger partial charge is 0.129 e. The van der Waals surface area contributed by atoms with Crippen molar-refractivity contribution in [2.75, 3.05) is 13.6 Å². The molecule has 3 rings (SSSR count). The average Bonchev–Trinajstić information content (AvgIpc) is 3.04. The van der Waals surface area contributed by atoms with Crippen LogP contribution in [0.1, 0.15) is 37.2 Å². The first-order chi connectivity index (χ1) is 8.74. The van der Waals surface area contributed by atoms with Crippen LogP contribution in [0.4, 0.5) is 0 Å². The zero-order valence-electron chi connectivity index (χ0n) is 11.1. The van der Waals surface area contributed by atoms with Crippen LogP contribution >= 0.6 is 0 Å². The fourth-order valence-corrected chi connectivity index (χ4v) is 3.92. The Morgan fingerprint density at radius 2 is 2.11 bits per heavy atom. The first kappa shape index (κ1) is 12.2. The van der Waals surface area contributed by atoms with Crippen molar-refractivity contribution >= 4 is 0 Å². The van der Waals surface area contributed by atoms with E-state index in [9.17, 15) is 0 Å². The van der Waals surface area contributed by atoms with Crippen molar-refractivity contribution in [2.24, 2.45) is 17.8 Å². The molecule has 18 heavy (non-hydrogen) atoms. The minimum atomic E-state index is -0.00388. The molecule has 2 aliphatic rings. The topological polar surface area (TPSA) is 36.6 Å². The summed E-state index contributed by atoms with van der Waals surface area (Å²) in [7, 11) is 2.17. The minimum absolute atomic E-state index is 0.00388. The standard InChI is InChI=1S/C15H23NO2/c1-16(9-14-4-5-15(10-17)18-14)8-13-7-11-2-3-12(13)6-11/h4-5,11-13,17H,2-3,6-10H2,1H3. The number of nitrogens with zero attached hydrogens (tertiary/aromatic N) is 1. The highest BCUT2D eigenvalue weighted by Crippen LogP contribution is 2.48. The fraction of sp³-hybridized carbons (Fsp3) is 0.733. The molecule has 2 bridgehead atoms. The summed E-state index contributed by atoms with van der Waals surface area (Å²) < 4.78 is 5.54. The van der Waals surface area contributed by atoms with E-state index >= 15 is 0 Å². The number of aliphatic hydroxyl groups is 1. The maximum atomic E-state index is 8.98. The molecule has 3 atom stereocenters. The van der Waals surface area contributed by atoms with Gasteiger partial charge >= 0.3 is 0 Å². The zero-order chi connectivity index (χ0) is 12.5. The number of fused-ring (bicyclic) bond motifs is 2. The van der Waals surface area contributed by atoms with Crippen molar-refractivity contribution in [3.63, 3.8) is 0 Å². The maximum Gasteiger partial charge on any atom is 0.129 e. The van der Waals surface area contributed by atoms with Gasteiger partial charge in [0.2, 0.25) is 0 Å². The number of hydrogen-bond donors (Lipinski definition) is 1. The second-order valence-electron chi connectivity index (χ2n) is 6.16. The van der Waals surface area contributed by atoms with Crippen LogP contribution in [-0.2, 0) is 13.2 Å². The van der Waals surface area contributed by atoms with Crippen molar-refractivity contribution in [2.45, 2.75) is 38.8 Å². The summed E-state index contributed by atoms with van der Waals surface area (Å²) in [5, 5.41) is 8.98. The lowest BCUT2D eigenvalue weighted by atomic mass is 9.88. The van der Waals surface area contributed by atoms with Gasteiger partial charge in [0, 0.05) is 6.54 Å². The molecule has 0 amide bonds. The Bertz CT molecular complexity index is 401. The van der Waals surface area contributed by atoms with Gasteiger partial charge in [-0.25, -0.2) is 0 Å². The van der Waals surface area contributed by atoms with E-state index in [1.165, 1.54) is 32.2 Å². The second-order valence-corrected chi connectivity index (χ2v) is 6.16. The SMILES string of the molecule is CN(Cc1ccc(CO)o1)CC1CC2CCC1C2. The molecular formula is C15H23NO2. The fourth-order valence-electron chi connectivity index (χ4n) is 3.92. The minimum Gasteiger partial charge on any atom is -0.462 e. The van der Waals surface area contributed by atoms with Crippen LogP contribution in [0, 0.1) is 17.8 Å². The van der Waals surface area contributed by atoms with Gasteiger partial charge in [0.05, 0.1) is 6.54 Å². The summed E-state index contributed by atoms with van der Waals surface area (Å²) in [6.07, 6.45) is 5.85. The number of hydrogen-bond acceptors (Lipinski definition) is 3. The van der Waals surface area contributed by atoms with Crippen LogP contribution in [0.25, 0.3) is 0 Å². The summed E-state index contributed by atoms with van der Waals surface area (Å²) in [6, 6.07) is 3.84. The monoisotopic (exact) mass is 249 g/mol. The molecule has 0 aliphatic heterocycles. The predicted molar refractivity (Wildman–Crippen MR) is 69.9 cm³/mol. The molecule has 0 spiro atoms. The van der Waals surface area contributed by atoms with Crippen LogP contribution < -0.4 is 0 Å². The Morgan fingerprint density at radius 3 is 2.72 bits per heavy atom. The highest BCUT2D eigenvalue weighted by molar-refractivity contribution is 5.06. The van der Waals surface area contributed by atoms with Crippen molar-refractivity contribution in [3.8, 4) is 0 Å². The third-order valence-electron chi connectivity index (χ3n) is 4.73. The van der Waals surface area contributed by atoms with E-state index in [1.54, 1.807) is 0 Å². The van der Waals surface area contributed by atoms with E-state index in [4.69, 9.17) is 9.52 Å². The summed E-state index contributed by atoms with van der Waals surface area (Å²) in [5.74, 6) is 4.55. The predicted octanol–water partition coefficient (Wildman–Crippen LogP) is 2.64. The molecular weight excluding hydrogens is 226 g/mol. The highest BCUT2D eigenvalue weighted by atomic mass is 16.4. The molecule has 0 saturated heterocycles. The molecule has 1 aromatic rings. The Morgan fingerprint density at radius 1 is 1.28 bits per heavy atom. The molecule has 3 unspecified atom stereocenters. The lowest BCUT2D eigenvalue weighted by Crippen LogP contribution is -2.28. The second kappa shape index (κ2) is 5.06. The van der Waals surface area contributed by atoms with Crippen LogP contribution in [-0.4, -0.2) is 23.6 Å². The lowest BCUT2D eigenvalue weighted by molar-refractivity contribution is 0.196. The zero-order valence-corrected chi connectivity index (χ0v) is 11.1. The van der Waals surface area contributed by atoms with Gasteiger partial charge in [-0.2, -0.15) is 0 Å². The van der Waals surface area contributed by atoms with Gasteiger partial charge in [0.25, 0.3) is 0 Å². The van der Waals surface area contributed by atoms with E-state index in [1.807, 2.05) is 12.1 Å². The van der Waals surface area contributed by atoms with Gasteiger partial charge < -0.3 is 9.52 Å². The largest absolute Gasteiger partial charge is 0.462 e. The molecule has 2 saturated carbocycles. The molecule has 1 heterocycles. The third kappa shape index (κ3) is 2.47. The third-order valence-corrected chi connectivity index (χ3v) is 4.73. The van der Waals surface area contributed by atoms with Gasteiger partial charge in [-0.15, -0.1) is 0 Å². The summed E-state index contributed by atoms with van der Waals surface area (Å²) >= 11 is 0. The lowest BCUT2D eigenvalue weighted by Gasteiger charge is -2.26. The van der Waals surface area contributed by atoms with Crippen molar-refractivity contribution in [1.29, 1.82) is 0 Å². The quantitative estimate of drug-likeness (QED) is 0.871. The summed E-state index contributed by atoms with van der Waals surface area (Å²) in [5.41, 5.74) is 0. The van der Waals surface area contributed by atoms with Crippen LogP contribution in [0.5, 0.6) is 0 Å². The molecule has 2 aliphatic carbocycles. The van der Waals surface area contributed by atoms with Gasteiger partial charge in [-0.1, -0.05) is 6.42 Å². The number of furan rings is 1. The van der Waals surface area contributed by atoms with Crippen LogP contribution in [0.15, 0.2) is 16.5 Å². The molecule has 1 N–H and O–H groups in total. The van der Waals surface area contributed by atoms with E-state index in [2.05, 4.69) is 11.9 Å². The summed E-state index contributed by atoms with van der Waals surface area (Å²) in [4.78, 5) is 2.37. The van der Waals surface area contributed by atoms with E-state index in [0.717, 1.165) is 30.1 Å². The first-order valence-electron chi connectivity index (χ1n) is 7.11. The van der Waals surface area contributed by atoms with Gasteiger partial charge in [-0.05, 0) is 56.2 Å². The molecule has 1 aromatic heterocycles. The number of rotatable bonds is 5. The van der Waals surface area contributed by atoms with E-state index in [0.29, 0.717) is 5.76 Å². The molecule has 0 aromatic carbocycles. The average molecular weight is 249 g/mol. The molecule has 100 valence electrons. The van der Waals surface area contributed by atoms with Crippen molar-refractivity contribution < 1.29 is 9.52 Å². The maximum absolute atomic E-state index is 8.98. The Kier molecular flexibility index (Phi) is 3.44. The van der Waals surface area contributed by atoms with Crippen molar-refractivity contribution in [3.05, 3.63) is 23.7 Å². The Hall–Kier alpha value is -0.800. The van der Waals surface area contributed by atoms with Gasteiger partial charge in [0.15, 0.2) is 0 Å². The molecule has 3 nitrogen and oxygen atoms in total. The van der Waals surface area contributed by atoms with Gasteiger partial charge in [-0.3, -0.25) is 4.90 Å². The number of aliphatic hydroxyl groups excluding tert-OH is 1. The van der Waals surface area contributed by atoms with Crippen LogP contribution in [0.3, 0.4) is 0 Å². The van der Waals surface area contributed by atoms with Crippen LogP contribution in [0.2, 0.25) is 0 Å². The first-order valence-corrected chi connectivity index (χ1v) is 7.11.